The Labute approximate surface area is 94.2 Å². The molecule has 0 spiro atoms. The summed E-state index contributed by atoms with van der Waals surface area (Å²) in [6.07, 6.45) is 2.87. The Morgan fingerprint density at radius 2 is 2.27 bits per heavy atom. The van der Waals surface area contributed by atoms with Crippen LogP contribution in [0.4, 0.5) is 0 Å². The molecule has 0 aromatic heterocycles. The summed E-state index contributed by atoms with van der Waals surface area (Å²) in [4.78, 5) is 2.54. The lowest BCUT2D eigenvalue weighted by atomic mass is 10.1. The van der Waals surface area contributed by atoms with E-state index < -0.39 is 0 Å². The van der Waals surface area contributed by atoms with Crippen molar-refractivity contribution in [2.75, 3.05) is 39.8 Å². The van der Waals surface area contributed by atoms with E-state index in [0.29, 0.717) is 6.10 Å². The quantitative estimate of drug-likeness (QED) is 0.675. The highest BCUT2D eigenvalue weighted by atomic mass is 16.5. The summed E-state index contributed by atoms with van der Waals surface area (Å²) in [5, 5.41) is 3.18. The van der Waals surface area contributed by atoms with Gasteiger partial charge < -0.3 is 10.1 Å². The maximum atomic E-state index is 5.77. The van der Waals surface area contributed by atoms with Crippen molar-refractivity contribution < 1.29 is 4.74 Å². The molecule has 1 saturated heterocycles. The van der Waals surface area contributed by atoms with E-state index in [1.54, 1.807) is 0 Å². The van der Waals surface area contributed by atoms with Crippen molar-refractivity contribution in [1.29, 1.82) is 0 Å². The molecular weight excluding hydrogens is 188 g/mol. The fourth-order valence-corrected chi connectivity index (χ4v) is 2.14. The summed E-state index contributed by atoms with van der Waals surface area (Å²) < 4.78 is 5.77. The zero-order chi connectivity index (χ0) is 11.1. The van der Waals surface area contributed by atoms with Crippen LogP contribution in [0, 0.1) is 5.92 Å². The summed E-state index contributed by atoms with van der Waals surface area (Å²) in [6.45, 7) is 10.0. The van der Waals surface area contributed by atoms with Crippen molar-refractivity contribution in [3.05, 3.63) is 0 Å². The third-order valence-corrected chi connectivity index (χ3v) is 2.80. The van der Waals surface area contributed by atoms with Crippen molar-refractivity contribution in [3.8, 4) is 0 Å². The molecule has 0 amide bonds. The lowest BCUT2D eigenvalue weighted by Crippen LogP contribution is -2.44. The van der Waals surface area contributed by atoms with Gasteiger partial charge in [0.2, 0.25) is 0 Å². The first-order valence-electron chi connectivity index (χ1n) is 6.21. The molecule has 1 atom stereocenters. The minimum absolute atomic E-state index is 0.464. The average Bonchev–Trinajstić information content (AvgIpc) is 2.18. The average molecular weight is 214 g/mol. The molecule has 1 aliphatic rings. The maximum Gasteiger partial charge on any atom is 0.0703 e. The van der Waals surface area contributed by atoms with Gasteiger partial charge in [0.25, 0.3) is 0 Å². The van der Waals surface area contributed by atoms with Gasteiger partial charge in [-0.3, -0.25) is 4.90 Å². The second-order valence-corrected chi connectivity index (χ2v) is 4.89. The molecule has 1 aliphatic heterocycles. The van der Waals surface area contributed by atoms with E-state index in [9.17, 15) is 0 Å². The molecule has 0 radical (unpaired) electrons. The first-order chi connectivity index (χ1) is 7.22. The van der Waals surface area contributed by atoms with Gasteiger partial charge in [0.05, 0.1) is 12.7 Å². The molecular formula is C12H26N2O. The van der Waals surface area contributed by atoms with E-state index in [2.05, 4.69) is 24.1 Å². The number of hydrogen-bond donors (Lipinski definition) is 1. The van der Waals surface area contributed by atoms with E-state index in [4.69, 9.17) is 4.74 Å². The van der Waals surface area contributed by atoms with Crippen LogP contribution in [0.3, 0.4) is 0 Å². The van der Waals surface area contributed by atoms with Gasteiger partial charge in [-0.05, 0) is 32.4 Å². The van der Waals surface area contributed by atoms with E-state index in [1.165, 1.54) is 19.4 Å². The molecule has 0 saturated carbocycles. The van der Waals surface area contributed by atoms with Crippen LogP contribution in [0.25, 0.3) is 0 Å². The normalized spacial score (nSPS) is 23.6. The van der Waals surface area contributed by atoms with Crippen LogP contribution in [0.1, 0.15) is 26.7 Å². The minimum atomic E-state index is 0.464. The first-order valence-corrected chi connectivity index (χ1v) is 6.21. The van der Waals surface area contributed by atoms with Crippen LogP contribution in [-0.2, 0) is 4.74 Å². The molecule has 1 heterocycles. The van der Waals surface area contributed by atoms with Crippen molar-refractivity contribution in [2.45, 2.75) is 32.8 Å². The second-order valence-electron chi connectivity index (χ2n) is 4.89. The summed E-state index contributed by atoms with van der Waals surface area (Å²) in [6, 6.07) is 0. The number of nitrogens with one attached hydrogen (secondary N) is 1. The van der Waals surface area contributed by atoms with Crippen LogP contribution in [0.5, 0.6) is 0 Å². The highest BCUT2D eigenvalue weighted by Crippen LogP contribution is 2.11. The van der Waals surface area contributed by atoms with E-state index in [0.717, 1.165) is 32.2 Å². The summed E-state index contributed by atoms with van der Waals surface area (Å²) in [7, 11) is 2.01. The smallest absolute Gasteiger partial charge is 0.0703 e. The summed E-state index contributed by atoms with van der Waals surface area (Å²) >= 11 is 0. The number of hydrogen-bond acceptors (Lipinski definition) is 3. The maximum absolute atomic E-state index is 5.77. The molecule has 1 rings (SSSR count). The molecule has 1 unspecified atom stereocenters. The molecule has 3 heteroatoms. The van der Waals surface area contributed by atoms with E-state index in [1.807, 2.05) is 7.05 Å². The van der Waals surface area contributed by atoms with Crippen molar-refractivity contribution in [1.82, 2.24) is 10.2 Å². The van der Waals surface area contributed by atoms with Gasteiger partial charge in [-0.2, -0.15) is 0 Å². The third kappa shape index (κ3) is 5.50. The highest BCUT2D eigenvalue weighted by molar-refractivity contribution is 4.72. The Hall–Kier alpha value is -0.120. The van der Waals surface area contributed by atoms with Gasteiger partial charge >= 0.3 is 0 Å². The topological polar surface area (TPSA) is 24.5 Å². The molecule has 0 aliphatic carbocycles. The van der Waals surface area contributed by atoms with Crippen LogP contribution < -0.4 is 5.32 Å². The molecule has 1 N–H and O–H groups in total. The molecule has 0 aromatic rings. The Bertz CT molecular complexity index is 162. The number of morpholine rings is 1. The second kappa shape index (κ2) is 7.20. The standard InChI is InChI=1S/C12H26N2O/c1-11(2)9-14-7-8-15-12(10-14)5-4-6-13-3/h11-13H,4-10H2,1-3H3. The number of nitrogens with zero attached hydrogens (tertiary/aromatic N) is 1. The minimum Gasteiger partial charge on any atom is -0.376 e. The van der Waals surface area contributed by atoms with Gasteiger partial charge in [-0.1, -0.05) is 13.8 Å². The molecule has 90 valence electrons. The van der Waals surface area contributed by atoms with E-state index in [-0.39, 0.29) is 0 Å². The third-order valence-electron chi connectivity index (χ3n) is 2.80. The van der Waals surface area contributed by atoms with Crippen LogP contribution in [-0.4, -0.2) is 50.8 Å². The Morgan fingerprint density at radius 3 is 2.93 bits per heavy atom. The number of ether oxygens (including phenoxy) is 1. The SMILES string of the molecule is CNCCCC1CN(CC(C)C)CCO1. The van der Waals surface area contributed by atoms with Gasteiger partial charge in [0.1, 0.15) is 0 Å². The van der Waals surface area contributed by atoms with Gasteiger partial charge in [0, 0.05) is 19.6 Å². The fraction of sp³-hybridized carbons (Fsp3) is 1.00. The lowest BCUT2D eigenvalue weighted by Gasteiger charge is -2.34. The van der Waals surface area contributed by atoms with Crippen molar-refractivity contribution >= 4 is 0 Å². The molecule has 1 fully saturated rings. The number of rotatable bonds is 6. The summed E-state index contributed by atoms with van der Waals surface area (Å²) in [5.41, 5.74) is 0. The molecule has 3 nitrogen and oxygen atoms in total. The zero-order valence-electron chi connectivity index (χ0n) is 10.5. The van der Waals surface area contributed by atoms with Gasteiger partial charge in [-0.15, -0.1) is 0 Å². The van der Waals surface area contributed by atoms with Gasteiger partial charge in [-0.25, -0.2) is 0 Å². The molecule has 0 aromatic carbocycles. The molecule has 15 heavy (non-hydrogen) atoms. The van der Waals surface area contributed by atoms with E-state index >= 15 is 0 Å². The predicted octanol–water partition coefficient (Wildman–Crippen LogP) is 1.34. The molecule has 0 bridgehead atoms. The first kappa shape index (κ1) is 12.9. The predicted molar refractivity (Wildman–Crippen MR) is 64.2 cm³/mol. The summed E-state index contributed by atoms with van der Waals surface area (Å²) in [5.74, 6) is 0.765. The zero-order valence-corrected chi connectivity index (χ0v) is 10.5. The Balaban J connectivity index is 2.17. The fourth-order valence-electron chi connectivity index (χ4n) is 2.14. The van der Waals surface area contributed by atoms with Crippen molar-refractivity contribution in [2.24, 2.45) is 5.92 Å². The van der Waals surface area contributed by atoms with Crippen LogP contribution >= 0.6 is 0 Å². The lowest BCUT2D eigenvalue weighted by molar-refractivity contribution is -0.0356. The van der Waals surface area contributed by atoms with Crippen molar-refractivity contribution in [3.63, 3.8) is 0 Å². The monoisotopic (exact) mass is 214 g/mol. The Morgan fingerprint density at radius 1 is 1.47 bits per heavy atom. The highest BCUT2D eigenvalue weighted by Gasteiger charge is 2.20. The van der Waals surface area contributed by atoms with Crippen LogP contribution in [0.15, 0.2) is 0 Å². The van der Waals surface area contributed by atoms with Crippen LogP contribution in [0.2, 0.25) is 0 Å². The Kier molecular flexibility index (Phi) is 6.22. The largest absolute Gasteiger partial charge is 0.376 e. The van der Waals surface area contributed by atoms with Gasteiger partial charge in [0.15, 0.2) is 0 Å².